The van der Waals surface area contributed by atoms with Crippen molar-refractivity contribution in [3.8, 4) is 0 Å². The summed E-state index contributed by atoms with van der Waals surface area (Å²) >= 11 is 5.92. The highest BCUT2D eigenvalue weighted by Crippen LogP contribution is 2.65. The van der Waals surface area contributed by atoms with Crippen LogP contribution in [-0.4, -0.2) is 33.7 Å². The molecule has 1 unspecified atom stereocenters. The zero-order valence-corrected chi connectivity index (χ0v) is 20.2. The van der Waals surface area contributed by atoms with Crippen molar-refractivity contribution in [3.63, 3.8) is 0 Å². The Morgan fingerprint density at radius 1 is 1.22 bits per heavy atom. The van der Waals surface area contributed by atoms with Crippen molar-refractivity contribution in [1.82, 2.24) is 14.9 Å². The minimum absolute atomic E-state index is 0.135. The van der Waals surface area contributed by atoms with Gasteiger partial charge in [0.25, 0.3) is 0 Å². The van der Waals surface area contributed by atoms with E-state index in [-0.39, 0.29) is 28.2 Å². The van der Waals surface area contributed by atoms with Crippen LogP contribution in [0.3, 0.4) is 0 Å². The van der Waals surface area contributed by atoms with Gasteiger partial charge in [-0.25, -0.2) is 4.98 Å². The SMILES string of the molecule is CC1=C2N(C)C(=O)C(C(=O)Nc3cncc(Cl)n3)C[C@]2(C)[C@@H]2CC[C@]3(C)CCC[C@H]3[C@@H]2C1. The largest absolute Gasteiger partial charge is 0.318 e. The number of carbonyl (C=O) groups is 2. The fraction of sp³-hybridized carbons (Fsp3) is 0.680. The van der Waals surface area contributed by atoms with Gasteiger partial charge in [-0.05, 0) is 68.6 Å². The lowest BCUT2D eigenvalue weighted by Crippen LogP contribution is -2.57. The van der Waals surface area contributed by atoms with Gasteiger partial charge in [0.05, 0.1) is 12.4 Å². The van der Waals surface area contributed by atoms with Crippen molar-refractivity contribution in [1.29, 1.82) is 0 Å². The number of fused-ring (bicyclic) bond motifs is 5. The second-order valence-corrected chi connectivity index (χ2v) is 11.5. The van der Waals surface area contributed by atoms with Crippen LogP contribution < -0.4 is 5.32 Å². The molecule has 0 radical (unpaired) electrons. The van der Waals surface area contributed by atoms with Gasteiger partial charge in [-0.15, -0.1) is 0 Å². The molecule has 32 heavy (non-hydrogen) atoms. The maximum atomic E-state index is 13.3. The first kappa shape index (κ1) is 21.9. The Labute approximate surface area is 195 Å². The molecule has 1 saturated heterocycles. The van der Waals surface area contributed by atoms with E-state index in [1.165, 1.54) is 50.1 Å². The van der Waals surface area contributed by atoms with E-state index in [2.05, 4.69) is 36.1 Å². The number of hydrogen-bond donors (Lipinski definition) is 1. The summed E-state index contributed by atoms with van der Waals surface area (Å²) in [4.78, 5) is 36.4. The van der Waals surface area contributed by atoms with Gasteiger partial charge in [0, 0.05) is 18.2 Å². The third-order valence-corrected chi connectivity index (χ3v) is 9.47. The smallest absolute Gasteiger partial charge is 0.239 e. The molecule has 3 aliphatic carbocycles. The Morgan fingerprint density at radius 3 is 2.75 bits per heavy atom. The molecule has 1 N–H and O–H groups in total. The molecule has 172 valence electrons. The maximum Gasteiger partial charge on any atom is 0.239 e. The number of hydrogen-bond acceptors (Lipinski definition) is 4. The third kappa shape index (κ3) is 3.20. The number of rotatable bonds is 2. The summed E-state index contributed by atoms with van der Waals surface area (Å²) in [6, 6.07) is 0. The highest BCUT2D eigenvalue weighted by molar-refractivity contribution is 6.29. The second kappa shape index (κ2) is 7.54. The number of amides is 2. The molecule has 3 fully saturated rings. The molecule has 6 nitrogen and oxygen atoms in total. The molecule has 2 heterocycles. The normalized spacial score (nSPS) is 38.8. The summed E-state index contributed by atoms with van der Waals surface area (Å²) in [7, 11) is 1.85. The number of likely N-dealkylation sites (tertiary alicyclic amines) is 1. The predicted octanol–water partition coefficient (Wildman–Crippen LogP) is 5.06. The Morgan fingerprint density at radius 2 is 2.00 bits per heavy atom. The predicted molar refractivity (Wildman–Crippen MR) is 124 cm³/mol. The van der Waals surface area contributed by atoms with Crippen LogP contribution in [0.2, 0.25) is 5.15 Å². The highest BCUT2D eigenvalue weighted by atomic mass is 35.5. The first-order valence-electron chi connectivity index (χ1n) is 11.9. The van der Waals surface area contributed by atoms with Crippen LogP contribution in [-0.2, 0) is 9.59 Å². The number of anilines is 1. The number of carbonyl (C=O) groups excluding carboxylic acids is 2. The Bertz CT molecular complexity index is 1010. The minimum atomic E-state index is -0.738. The summed E-state index contributed by atoms with van der Waals surface area (Å²) in [5.74, 6) is 0.999. The molecule has 1 aromatic heterocycles. The van der Waals surface area contributed by atoms with E-state index in [4.69, 9.17) is 11.6 Å². The molecule has 4 aliphatic rings. The first-order valence-corrected chi connectivity index (χ1v) is 12.3. The van der Waals surface area contributed by atoms with Crippen molar-refractivity contribution < 1.29 is 9.59 Å². The molecule has 6 atom stereocenters. The van der Waals surface area contributed by atoms with Gasteiger partial charge in [-0.2, -0.15) is 0 Å². The Hall–Kier alpha value is -1.95. The van der Waals surface area contributed by atoms with Crippen LogP contribution >= 0.6 is 11.6 Å². The lowest BCUT2D eigenvalue weighted by atomic mass is 9.48. The zero-order chi connectivity index (χ0) is 22.8. The fourth-order valence-electron chi connectivity index (χ4n) is 8.06. The van der Waals surface area contributed by atoms with Crippen LogP contribution in [0.5, 0.6) is 0 Å². The van der Waals surface area contributed by atoms with Crippen molar-refractivity contribution in [2.45, 2.75) is 65.7 Å². The van der Waals surface area contributed by atoms with E-state index >= 15 is 0 Å². The average molecular weight is 457 g/mol. The number of nitrogens with zero attached hydrogens (tertiary/aromatic N) is 3. The summed E-state index contributed by atoms with van der Waals surface area (Å²) in [5, 5.41) is 2.99. The third-order valence-electron chi connectivity index (χ3n) is 9.29. The first-order chi connectivity index (χ1) is 15.1. The van der Waals surface area contributed by atoms with Crippen LogP contribution in [0.4, 0.5) is 5.82 Å². The number of aromatic nitrogens is 2. The monoisotopic (exact) mass is 456 g/mol. The van der Waals surface area contributed by atoms with E-state index < -0.39 is 5.92 Å². The van der Waals surface area contributed by atoms with Gasteiger partial charge < -0.3 is 10.2 Å². The number of nitrogens with one attached hydrogen (secondary N) is 1. The molecule has 2 saturated carbocycles. The Kier molecular flexibility index (Phi) is 5.16. The van der Waals surface area contributed by atoms with Gasteiger partial charge in [-0.1, -0.05) is 37.4 Å². The molecule has 7 heteroatoms. The van der Waals surface area contributed by atoms with Gasteiger partial charge in [0.1, 0.15) is 11.1 Å². The molecule has 1 aliphatic heterocycles. The standard InChI is InChI=1S/C25H33ClN4O2/c1-14-10-15-17-6-5-8-24(17,2)9-7-18(15)25(3)11-16(23(32)30(4)21(14)25)22(31)29-20-13-27-12-19(26)28-20/h12-13,15-18H,5-11H2,1-4H3,(H,28,29,31)/t15-,16?,17-,18+,24-,25+/m0/s1. The van der Waals surface area contributed by atoms with Crippen molar-refractivity contribution >= 4 is 29.2 Å². The van der Waals surface area contributed by atoms with Crippen LogP contribution in [0.1, 0.15) is 65.7 Å². The summed E-state index contributed by atoms with van der Waals surface area (Å²) < 4.78 is 0. The fourth-order valence-corrected chi connectivity index (χ4v) is 8.21. The van der Waals surface area contributed by atoms with Gasteiger partial charge in [0.15, 0.2) is 5.82 Å². The highest BCUT2D eigenvalue weighted by Gasteiger charge is 2.60. The summed E-state index contributed by atoms with van der Waals surface area (Å²) in [6.45, 7) is 7.01. The molecule has 1 aromatic rings. The molecule has 2 amide bonds. The molecular weight excluding hydrogens is 424 g/mol. The molecule has 5 rings (SSSR count). The summed E-state index contributed by atoms with van der Waals surface area (Å²) in [6.07, 6.45) is 10.9. The quantitative estimate of drug-likeness (QED) is 0.631. The molecule has 0 aromatic carbocycles. The second-order valence-electron chi connectivity index (χ2n) is 11.1. The number of allylic oxidation sites excluding steroid dienone is 2. The van der Waals surface area contributed by atoms with E-state index in [9.17, 15) is 9.59 Å². The maximum absolute atomic E-state index is 13.3. The van der Waals surface area contributed by atoms with Crippen molar-refractivity contribution in [2.24, 2.45) is 34.5 Å². The van der Waals surface area contributed by atoms with Crippen molar-refractivity contribution in [2.75, 3.05) is 12.4 Å². The van der Waals surface area contributed by atoms with Crippen molar-refractivity contribution in [3.05, 3.63) is 28.8 Å². The van der Waals surface area contributed by atoms with Crippen LogP contribution in [0.15, 0.2) is 23.7 Å². The zero-order valence-electron chi connectivity index (χ0n) is 19.4. The van der Waals surface area contributed by atoms with Crippen LogP contribution in [0, 0.1) is 34.5 Å². The van der Waals surface area contributed by atoms with Gasteiger partial charge in [0.2, 0.25) is 11.8 Å². The molecule has 0 bridgehead atoms. The Balaban J connectivity index is 1.48. The van der Waals surface area contributed by atoms with Gasteiger partial charge >= 0.3 is 0 Å². The number of halogens is 1. The lowest BCUT2D eigenvalue weighted by Gasteiger charge is -2.59. The average Bonchev–Trinajstić information content (AvgIpc) is 3.13. The molecule has 0 spiro atoms. The molecular formula is C25H33ClN4O2. The van der Waals surface area contributed by atoms with E-state index in [0.717, 1.165) is 18.0 Å². The van der Waals surface area contributed by atoms with E-state index in [1.807, 2.05) is 7.05 Å². The van der Waals surface area contributed by atoms with E-state index in [1.54, 1.807) is 4.90 Å². The van der Waals surface area contributed by atoms with Gasteiger partial charge in [-0.3, -0.25) is 14.6 Å². The number of piperidine rings is 1. The lowest BCUT2D eigenvalue weighted by molar-refractivity contribution is -0.147. The van der Waals surface area contributed by atoms with E-state index in [0.29, 0.717) is 23.7 Å². The summed E-state index contributed by atoms with van der Waals surface area (Å²) in [5.41, 5.74) is 2.78. The topological polar surface area (TPSA) is 75.2 Å². The van der Waals surface area contributed by atoms with Crippen LogP contribution in [0.25, 0.3) is 0 Å². The minimum Gasteiger partial charge on any atom is -0.318 e.